The lowest BCUT2D eigenvalue weighted by Crippen LogP contribution is -2.16. The summed E-state index contributed by atoms with van der Waals surface area (Å²) < 4.78 is 3.04. The van der Waals surface area contributed by atoms with E-state index in [1.54, 1.807) is 23.9 Å². The molecular formula is C12H9ClN4O. The molecule has 6 heteroatoms. The van der Waals surface area contributed by atoms with E-state index in [1.165, 1.54) is 17.1 Å². The molecule has 3 aromatic rings. The molecule has 1 aromatic carbocycles. The Morgan fingerprint density at radius 3 is 2.67 bits per heavy atom. The molecule has 2 heterocycles. The molecule has 3 rings (SSSR count). The number of aryl methyl sites for hydroxylation is 1. The Morgan fingerprint density at radius 2 is 1.94 bits per heavy atom. The topological polar surface area (TPSA) is 52.7 Å². The molecule has 0 aliphatic heterocycles. The normalized spacial score (nSPS) is 11.0. The van der Waals surface area contributed by atoms with E-state index in [0.29, 0.717) is 16.1 Å². The van der Waals surface area contributed by atoms with Gasteiger partial charge in [0.05, 0.1) is 18.2 Å². The summed E-state index contributed by atoms with van der Waals surface area (Å²) in [6, 6.07) is 7.19. The second-order valence-electron chi connectivity index (χ2n) is 3.93. The Bertz CT molecular complexity index is 773. The first-order valence-electron chi connectivity index (χ1n) is 5.32. The van der Waals surface area contributed by atoms with Gasteiger partial charge in [0.25, 0.3) is 5.56 Å². The van der Waals surface area contributed by atoms with Gasteiger partial charge in [0.2, 0.25) is 0 Å². The van der Waals surface area contributed by atoms with Gasteiger partial charge in [0, 0.05) is 12.1 Å². The third-order valence-corrected chi connectivity index (χ3v) is 2.97. The summed E-state index contributed by atoms with van der Waals surface area (Å²) in [6.07, 6.45) is 3.01. The van der Waals surface area contributed by atoms with Crippen LogP contribution in [0.5, 0.6) is 0 Å². The third-order valence-electron chi connectivity index (χ3n) is 2.72. The minimum absolute atomic E-state index is 0.111. The van der Waals surface area contributed by atoms with Crippen LogP contribution in [-0.2, 0) is 7.05 Å². The van der Waals surface area contributed by atoms with Crippen molar-refractivity contribution in [3.8, 4) is 5.69 Å². The van der Waals surface area contributed by atoms with Crippen molar-refractivity contribution in [2.24, 2.45) is 7.05 Å². The highest BCUT2D eigenvalue weighted by atomic mass is 35.5. The Balaban J connectivity index is 2.28. The fourth-order valence-electron chi connectivity index (χ4n) is 1.77. The SMILES string of the molecule is Cn1cnc2c(cnn2-c2ccc(Cl)cc2)c1=O. The van der Waals surface area contributed by atoms with Crippen LogP contribution in [0, 0.1) is 0 Å². The molecule has 2 aromatic heterocycles. The van der Waals surface area contributed by atoms with E-state index in [0.717, 1.165) is 5.69 Å². The molecule has 0 radical (unpaired) electrons. The monoisotopic (exact) mass is 260 g/mol. The molecule has 0 saturated heterocycles. The van der Waals surface area contributed by atoms with Crippen LogP contribution >= 0.6 is 11.6 Å². The molecule has 0 N–H and O–H groups in total. The van der Waals surface area contributed by atoms with Crippen molar-refractivity contribution >= 4 is 22.6 Å². The van der Waals surface area contributed by atoms with Crippen molar-refractivity contribution in [1.82, 2.24) is 19.3 Å². The van der Waals surface area contributed by atoms with Gasteiger partial charge in [-0.2, -0.15) is 5.10 Å². The Hall–Kier alpha value is -2.14. The number of halogens is 1. The molecular weight excluding hydrogens is 252 g/mol. The first-order valence-corrected chi connectivity index (χ1v) is 5.70. The minimum Gasteiger partial charge on any atom is -0.302 e. The third kappa shape index (κ3) is 1.60. The lowest BCUT2D eigenvalue weighted by atomic mass is 10.3. The zero-order valence-corrected chi connectivity index (χ0v) is 10.3. The summed E-state index contributed by atoms with van der Waals surface area (Å²) in [5.74, 6) is 0. The molecule has 90 valence electrons. The maximum atomic E-state index is 11.9. The molecule has 0 bridgehead atoms. The lowest BCUT2D eigenvalue weighted by Gasteiger charge is -2.03. The number of rotatable bonds is 1. The van der Waals surface area contributed by atoms with Crippen molar-refractivity contribution in [3.05, 3.63) is 52.2 Å². The van der Waals surface area contributed by atoms with Crippen LogP contribution in [0.1, 0.15) is 0 Å². The molecule has 18 heavy (non-hydrogen) atoms. The average molecular weight is 261 g/mol. The van der Waals surface area contributed by atoms with Crippen LogP contribution in [-0.4, -0.2) is 19.3 Å². The fourth-order valence-corrected chi connectivity index (χ4v) is 1.90. The summed E-state index contributed by atoms with van der Waals surface area (Å²) in [4.78, 5) is 16.1. The van der Waals surface area contributed by atoms with Crippen molar-refractivity contribution in [3.63, 3.8) is 0 Å². The molecule has 0 aliphatic carbocycles. The fraction of sp³-hybridized carbons (Fsp3) is 0.0833. The van der Waals surface area contributed by atoms with E-state index < -0.39 is 0 Å². The van der Waals surface area contributed by atoms with Crippen LogP contribution in [0.2, 0.25) is 5.02 Å². The van der Waals surface area contributed by atoms with Gasteiger partial charge in [0.15, 0.2) is 5.65 Å². The van der Waals surface area contributed by atoms with Gasteiger partial charge in [-0.1, -0.05) is 11.6 Å². The molecule has 0 aliphatic rings. The number of aromatic nitrogens is 4. The van der Waals surface area contributed by atoms with Gasteiger partial charge in [-0.3, -0.25) is 4.79 Å². The van der Waals surface area contributed by atoms with Crippen LogP contribution in [0.3, 0.4) is 0 Å². The second kappa shape index (κ2) is 3.96. The maximum Gasteiger partial charge on any atom is 0.264 e. The minimum atomic E-state index is -0.111. The van der Waals surface area contributed by atoms with Crippen LogP contribution < -0.4 is 5.56 Å². The summed E-state index contributed by atoms with van der Waals surface area (Å²) in [6.45, 7) is 0. The van der Waals surface area contributed by atoms with Gasteiger partial charge in [0.1, 0.15) is 5.39 Å². The Labute approximate surface area is 107 Å². The highest BCUT2D eigenvalue weighted by molar-refractivity contribution is 6.30. The van der Waals surface area contributed by atoms with Gasteiger partial charge in [-0.15, -0.1) is 0 Å². The zero-order valence-electron chi connectivity index (χ0n) is 9.54. The molecule has 0 spiro atoms. The molecule has 0 saturated carbocycles. The first kappa shape index (κ1) is 11.0. The van der Waals surface area contributed by atoms with Crippen LogP contribution in [0.25, 0.3) is 16.7 Å². The number of benzene rings is 1. The van der Waals surface area contributed by atoms with Crippen molar-refractivity contribution in [1.29, 1.82) is 0 Å². The number of hydrogen-bond acceptors (Lipinski definition) is 3. The molecule has 5 nitrogen and oxygen atoms in total. The van der Waals surface area contributed by atoms with Crippen LogP contribution in [0.4, 0.5) is 0 Å². The van der Waals surface area contributed by atoms with Crippen molar-refractivity contribution < 1.29 is 0 Å². The van der Waals surface area contributed by atoms with E-state index in [1.807, 2.05) is 12.1 Å². The Morgan fingerprint density at radius 1 is 1.22 bits per heavy atom. The number of nitrogens with zero attached hydrogens (tertiary/aromatic N) is 4. The van der Waals surface area contributed by atoms with Gasteiger partial charge < -0.3 is 4.57 Å². The van der Waals surface area contributed by atoms with E-state index in [2.05, 4.69) is 10.1 Å². The standard InChI is InChI=1S/C12H9ClN4O/c1-16-7-14-11-10(12(16)18)6-15-17(11)9-4-2-8(13)3-5-9/h2-7H,1H3. The molecule has 0 atom stereocenters. The summed E-state index contributed by atoms with van der Waals surface area (Å²) in [5.41, 5.74) is 1.25. The van der Waals surface area contributed by atoms with Crippen molar-refractivity contribution in [2.45, 2.75) is 0 Å². The highest BCUT2D eigenvalue weighted by Gasteiger charge is 2.09. The Kier molecular flexibility index (Phi) is 2.41. The maximum absolute atomic E-state index is 11.9. The summed E-state index contributed by atoms with van der Waals surface area (Å²) >= 11 is 5.84. The van der Waals surface area contributed by atoms with Gasteiger partial charge in [-0.25, -0.2) is 9.67 Å². The lowest BCUT2D eigenvalue weighted by molar-refractivity contribution is 0.831. The second-order valence-corrected chi connectivity index (χ2v) is 4.37. The predicted octanol–water partition coefficient (Wildman–Crippen LogP) is 1.77. The molecule has 0 unspecified atom stereocenters. The van der Waals surface area contributed by atoms with E-state index in [-0.39, 0.29) is 5.56 Å². The smallest absolute Gasteiger partial charge is 0.264 e. The average Bonchev–Trinajstić information content (AvgIpc) is 2.79. The van der Waals surface area contributed by atoms with Crippen molar-refractivity contribution in [2.75, 3.05) is 0 Å². The largest absolute Gasteiger partial charge is 0.302 e. The molecule has 0 fully saturated rings. The van der Waals surface area contributed by atoms with E-state index >= 15 is 0 Å². The van der Waals surface area contributed by atoms with E-state index in [9.17, 15) is 4.79 Å². The van der Waals surface area contributed by atoms with Gasteiger partial charge >= 0.3 is 0 Å². The number of hydrogen-bond donors (Lipinski definition) is 0. The van der Waals surface area contributed by atoms with Gasteiger partial charge in [-0.05, 0) is 24.3 Å². The highest BCUT2D eigenvalue weighted by Crippen LogP contribution is 2.16. The first-order chi connectivity index (χ1) is 8.66. The number of fused-ring (bicyclic) bond motifs is 1. The van der Waals surface area contributed by atoms with E-state index in [4.69, 9.17) is 11.6 Å². The predicted molar refractivity (Wildman–Crippen MR) is 69.1 cm³/mol. The molecule has 0 amide bonds. The quantitative estimate of drug-likeness (QED) is 0.670. The summed E-state index contributed by atoms with van der Waals surface area (Å²) in [7, 11) is 1.66. The summed E-state index contributed by atoms with van der Waals surface area (Å²) in [5, 5.41) is 5.34. The van der Waals surface area contributed by atoms with Crippen LogP contribution in [0.15, 0.2) is 41.6 Å². The zero-order chi connectivity index (χ0) is 12.7.